The molecule has 68 heavy (non-hydrogen) atoms. The van der Waals surface area contributed by atoms with E-state index in [0.29, 0.717) is 28.2 Å². The maximum atomic E-state index is 12.4. The van der Waals surface area contributed by atoms with Crippen LogP contribution in [0.4, 0.5) is 0 Å². The van der Waals surface area contributed by atoms with Gasteiger partial charge >= 0.3 is 0 Å². The van der Waals surface area contributed by atoms with Crippen molar-refractivity contribution in [3.63, 3.8) is 0 Å². The summed E-state index contributed by atoms with van der Waals surface area (Å²) in [5, 5.41) is 12.4. The van der Waals surface area contributed by atoms with Crippen molar-refractivity contribution >= 4 is 11.0 Å². The number of phenolic OH excluding ortho intramolecular Hbond substituents is 1. The molecule has 9 rings (SSSR count). The minimum Gasteiger partial charge on any atom is -0.507 e. The Bertz CT molecular complexity index is 3550. The van der Waals surface area contributed by atoms with Crippen molar-refractivity contribution in [1.29, 1.82) is 0 Å². The summed E-state index contributed by atoms with van der Waals surface area (Å²) in [7, 11) is 0. The molecule has 1 N–H and O–H groups in total. The molecule has 0 atom stereocenters. The van der Waals surface area contributed by atoms with Crippen LogP contribution in [-0.4, -0.2) is 19.6 Å². The second kappa shape index (κ2) is 17.9. The van der Waals surface area contributed by atoms with Crippen LogP contribution in [0.1, 0.15) is 120 Å². The molecule has 0 aliphatic rings. The SMILES string of the molecule is [2H]c1c([2H])c(-c2ccnc(-c3cc(-c4cccc5c4nc(-c4cc(C(C)C)cc(C(C)C)c4O)n5-c4ccc(-c5c(-c6ccccc6)cccc5C(C)(C)C)cc4C)cc(C(C)(C)C)c3)c2)c([2H])c([2H])c1C. The molecule has 0 saturated heterocycles. The Kier molecular flexibility index (Phi) is 10.8. The molecule has 0 fully saturated rings. The molecule has 0 spiro atoms. The Balaban J connectivity index is 1.30. The van der Waals surface area contributed by atoms with E-state index in [1.807, 2.05) is 6.07 Å². The summed E-state index contributed by atoms with van der Waals surface area (Å²) in [4.78, 5) is 10.5. The fourth-order valence-corrected chi connectivity index (χ4v) is 9.42. The summed E-state index contributed by atoms with van der Waals surface area (Å²) in [5.74, 6) is 1.15. The number of phenols is 1. The van der Waals surface area contributed by atoms with E-state index in [1.54, 1.807) is 19.2 Å². The van der Waals surface area contributed by atoms with Crippen LogP contribution in [0, 0.1) is 13.8 Å². The molecule has 342 valence electrons. The minimum atomic E-state index is -0.262. The van der Waals surface area contributed by atoms with Gasteiger partial charge in [0.2, 0.25) is 0 Å². The fraction of sp³-hybridized carbons (Fsp3) is 0.250. The Labute approximate surface area is 410 Å². The number of fused-ring (bicyclic) bond motifs is 1. The third-order valence-electron chi connectivity index (χ3n) is 13.3. The maximum Gasteiger partial charge on any atom is 0.149 e. The lowest BCUT2D eigenvalue weighted by Gasteiger charge is -2.26. The van der Waals surface area contributed by atoms with E-state index in [4.69, 9.17) is 15.5 Å². The molecule has 0 amide bonds. The van der Waals surface area contributed by atoms with Gasteiger partial charge < -0.3 is 5.11 Å². The van der Waals surface area contributed by atoms with Crippen molar-refractivity contribution in [3.8, 4) is 78.6 Å². The molecule has 0 unspecified atom stereocenters. The zero-order valence-electron chi connectivity index (χ0n) is 45.6. The zero-order valence-corrected chi connectivity index (χ0v) is 41.6. The maximum absolute atomic E-state index is 12.4. The van der Waals surface area contributed by atoms with E-state index in [2.05, 4.69) is 196 Å². The Morgan fingerprint density at radius 3 is 1.96 bits per heavy atom. The van der Waals surface area contributed by atoms with Gasteiger partial charge in [-0.1, -0.05) is 178 Å². The summed E-state index contributed by atoms with van der Waals surface area (Å²) >= 11 is 0. The van der Waals surface area contributed by atoms with Crippen LogP contribution in [0.3, 0.4) is 0 Å². The minimum absolute atomic E-state index is 0.0489. The first-order valence-corrected chi connectivity index (χ1v) is 23.9. The van der Waals surface area contributed by atoms with Crippen molar-refractivity contribution in [2.24, 2.45) is 0 Å². The van der Waals surface area contributed by atoms with Gasteiger partial charge in [-0.15, -0.1) is 0 Å². The lowest BCUT2D eigenvalue weighted by molar-refractivity contribution is 0.466. The smallest absolute Gasteiger partial charge is 0.149 e. The highest BCUT2D eigenvalue weighted by Crippen LogP contribution is 2.45. The summed E-state index contributed by atoms with van der Waals surface area (Å²) in [5.41, 5.74) is 17.5. The average Bonchev–Trinajstić information content (AvgIpc) is 3.73. The summed E-state index contributed by atoms with van der Waals surface area (Å²) in [6, 6.07) is 44.5. The Morgan fingerprint density at radius 1 is 0.574 bits per heavy atom. The largest absolute Gasteiger partial charge is 0.507 e. The molecule has 0 aliphatic carbocycles. The fourth-order valence-electron chi connectivity index (χ4n) is 9.42. The van der Waals surface area contributed by atoms with Gasteiger partial charge in [0, 0.05) is 17.3 Å². The van der Waals surface area contributed by atoms with Gasteiger partial charge in [-0.25, -0.2) is 4.98 Å². The Hall–Kier alpha value is -7.04. The number of para-hydroxylation sites is 1. The normalized spacial score (nSPS) is 13.0. The quantitative estimate of drug-likeness (QED) is 0.157. The van der Waals surface area contributed by atoms with Crippen molar-refractivity contribution in [2.45, 2.75) is 106 Å². The molecule has 2 aromatic heterocycles. The first-order chi connectivity index (χ1) is 34.0. The number of hydrogen-bond acceptors (Lipinski definition) is 3. The summed E-state index contributed by atoms with van der Waals surface area (Å²) in [6.07, 6.45) is 1.68. The van der Waals surface area contributed by atoms with Crippen LogP contribution in [0.25, 0.3) is 83.9 Å². The predicted molar refractivity (Wildman–Crippen MR) is 288 cm³/mol. The van der Waals surface area contributed by atoms with Gasteiger partial charge in [-0.2, -0.15) is 0 Å². The van der Waals surface area contributed by atoms with Gasteiger partial charge in [0.25, 0.3) is 0 Å². The van der Waals surface area contributed by atoms with E-state index in [1.165, 1.54) is 22.3 Å². The highest BCUT2D eigenvalue weighted by atomic mass is 16.3. The molecule has 7 aromatic carbocycles. The van der Waals surface area contributed by atoms with Crippen LogP contribution >= 0.6 is 0 Å². The number of pyridine rings is 1. The number of rotatable bonds is 9. The third-order valence-corrected chi connectivity index (χ3v) is 13.3. The second-order valence-electron chi connectivity index (χ2n) is 21.1. The monoisotopic (exact) mass is 896 g/mol. The number of hydrogen-bond donors (Lipinski definition) is 1. The lowest BCUT2D eigenvalue weighted by atomic mass is 9.78. The van der Waals surface area contributed by atoms with E-state index >= 15 is 0 Å². The standard InChI is InChI=1S/C64H65N3O/c1-39(2)47-36-53(40(3)4)61(68)54(37-47)62-66-60-52(48-33-49(35-50(34-48)63(7,8)9)56-38-45(30-31-65-56)43-26-24-41(5)25-27-43)21-17-23-58(60)67(62)57-29-28-46(32-42(57)6)59-51(44-18-14-13-15-19-44)20-16-22-55(59)64(10,11)12/h13-40,68H,1-12H3/i24D,25D,26D,27D. The van der Waals surface area contributed by atoms with Crippen LogP contribution in [0.2, 0.25) is 0 Å². The number of imidazole rings is 1. The first-order valence-electron chi connectivity index (χ1n) is 25.9. The lowest BCUT2D eigenvalue weighted by Crippen LogP contribution is -2.13. The summed E-state index contributed by atoms with van der Waals surface area (Å²) < 4.78 is 37.1. The van der Waals surface area contributed by atoms with Crippen LogP contribution in [-0.2, 0) is 10.8 Å². The van der Waals surface area contributed by atoms with Crippen LogP contribution in [0.15, 0.2) is 158 Å². The van der Waals surface area contributed by atoms with Gasteiger partial charge in [0.15, 0.2) is 0 Å². The second-order valence-corrected chi connectivity index (χ2v) is 21.1. The molecule has 2 heterocycles. The van der Waals surface area contributed by atoms with Gasteiger partial charge in [-0.3, -0.25) is 9.55 Å². The Morgan fingerprint density at radius 2 is 1.28 bits per heavy atom. The third kappa shape index (κ3) is 8.81. The molecule has 4 nitrogen and oxygen atoms in total. The average molecular weight is 896 g/mol. The van der Waals surface area contributed by atoms with Crippen molar-refractivity contribution < 1.29 is 10.6 Å². The van der Waals surface area contributed by atoms with E-state index in [9.17, 15) is 5.11 Å². The first kappa shape index (κ1) is 41.2. The number of benzene rings is 7. The molecular weight excluding hydrogens is 827 g/mol. The molecule has 0 aliphatic heterocycles. The molecule has 4 heteroatoms. The number of nitrogens with zero attached hydrogens (tertiary/aromatic N) is 3. The van der Waals surface area contributed by atoms with Gasteiger partial charge in [0.1, 0.15) is 11.6 Å². The molecule has 0 saturated carbocycles. The predicted octanol–water partition coefficient (Wildman–Crippen LogP) is 17.6. The van der Waals surface area contributed by atoms with Crippen LogP contribution in [0.5, 0.6) is 5.75 Å². The molecule has 9 aromatic rings. The highest BCUT2D eigenvalue weighted by Gasteiger charge is 2.27. The van der Waals surface area contributed by atoms with Gasteiger partial charge in [-0.05, 0) is 152 Å². The van der Waals surface area contributed by atoms with Crippen molar-refractivity contribution in [3.05, 3.63) is 191 Å². The zero-order chi connectivity index (χ0) is 51.7. The topological polar surface area (TPSA) is 50.9 Å². The summed E-state index contributed by atoms with van der Waals surface area (Å²) in [6.45, 7) is 25.8. The highest BCUT2D eigenvalue weighted by molar-refractivity contribution is 5.97. The molecular formula is C64H65N3O. The van der Waals surface area contributed by atoms with Crippen molar-refractivity contribution in [1.82, 2.24) is 14.5 Å². The molecule has 0 bridgehead atoms. The molecule has 0 radical (unpaired) electrons. The van der Waals surface area contributed by atoms with E-state index in [0.717, 1.165) is 61.2 Å². The number of aromatic hydroxyl groups is 1. The van der Waals surface area contributed by atoms with Crippen LogP contribution < -0.4 is 0 Å². The van der Waals surface area contributed by atoms with Crippen molar-refractivity contribution in [2.75, 3.05) is 0 Å². The van der Waals surface area contributed by atoms with E-state index < -0.39 is 0 Å². The number of aryl methyl sites for hydroxylation is 1. The van der Waals surface area contributed by atoms with E-state index in [-0.39, 0.29) is 58.1 Å². The number of aromatic nitrogens is 3. The van der Waals surface area contributed by atoms with Gasteiger partial charge in [0.05, 0.1) is 33.5 Å².